The molecule has 3 aromatic heterocycles. The first kappa shape index (κ1) is 31.7. The lowest BCUT2D eigenvalue weighted by Gasteiger charge is -2.08. The second-order valence-electron chi connectivity index (χ2n) is 13.7. The van der Waals surface area contributed by atoms with Crippen molar-refractivity contribution in [1.82, 2.24) is 39.9 Å². The van der Waals surface area contributed by atoms with Crippen LogP contribution in [0.15, 0.2) is 170 Å². The van der Waals surface area contributed by atoms with Crippen LogP contribution < -0.4 is 0 Å². The van der Waals surface area contributed by atoms with Crippen molar-refractivity contribution < 1.29 is 0 Å². The van der Waals surface area contributed by atoms with Crippen LogP contribution in [0.25, 0.3) is 89.5 Å². The molecule has 2 N–H and O–H groups in total. The topological polar surface area (TPSA) is 109 Å². The highest BCUT2D eigenvalue weighted by Crippen LogP contribution is 2.42. The number of aromatic amines is 2. The van der Waals surface area contributed by atoms with Crippen LogP contribution in [0.1, 0.15) is 22.8 Å². The zero-order chi connectivity index (χ0) is 37.0. The van der Waals surface area contributed by atoms with E-state index in [0.717, 1.165) is 66.4 Å². The molecule has 0 atom stereocenters. The Bertz CT molecular complexity index is 3170. The number of aromatic nitrogens is 8. The van der Waals surface area contributed by atoms with E-state index in [1.54, 1.807) is 0 Å². The van der Waals surface area contributed by atoms with Crippen LogP contribution in [0.5, 0.6) is 0 Å². The molecule has 0 spiro atoms. The molecular weight excluding hydrogens is 689 g/mol. The molecule has 56 heavy (non-hydrogen) atoms. The van der Waals surface area contributed by atoms with Gasteiger partial charge in [0.25, 0.3) is 0 Å². The van der Waals surface area contributed by atoms with Gasteiger partial charge in [-0.25, -0.2) is 29.9 Å². The van der Waals surface area contributed by atoms with Crippen LogP contribution in [0.2, 0.25) is 0 Å². The van der Waals surface area contributed by atoms with Crippen molar-refractivity contribution in [2.24, 2.45) is 0 Å². The molecule has 0 saturated carbocycles. The fourth-order valence-corrected chi connectivity index (χ4v) is 7.77. The Morgan fingerprint density at radius 1 is 0.268 bits per heavy atom. The van der Waals surface area contributed by atoms with E-state index >= 15 is 0 Å². The summed E-state index contributed by atoms with van der Waals surface area (Å²) in [5.41, 5.74) is 11.8. The minimum atomic E-state index is 0.533. The van der Waals surface area contributed by atoms with Crippen LogP contribution in [0.3, 0.4) is 0 Å². The molecule has 262 valence electrons. The van der Waals surface area contributed by atoms with Gasteiger partial charge in [-0.2, -0.15) is 0 Å². The second-order valence-corrected chi connectivity index (χ2v) is 13.7. The smallest absolute Gasteiger partial charge is 0.165 e. The molecule has 8 heteroatoms. The van der Waals surface area contributed by atoms with Gasteiger partial charge in [0.1, 0.15) is 22.6 Å². The Morgan fingerprint density at radius 2 is 0.589 bits per heavy atom. The Morgan fingerprint density at radius 3 is 1.05 bits per heavy atom. The third kappa shape index (κ3) is 5.23. The minimum absolute atomic E-state index is 0.533. The Balaban J connectivity index is 1.37. The molecular formula is C48H30N8. The maximum absolute atomic E-state index is 5.48. The first-order chi connectivity index (χ1) is 27.8. The standard InChI is InChI=1S/C48H30N8/c1-5-17-29(18-6-1)37-39(31-21-9-3-10-22-31)47-54-45(37)52-43-35-27-15-13-25-33(35)41(50-43)49-42-34-26-14-16-28-36(34)44(51-42)53-46-38(30-19-7-2-8-20-30)40(48(55-46)56-47)32-23-11-4-12-24-32/h1-28H,(H2,49,50,51,52,53,54,55,56). The molecule has 6 aromatic carbocycles. The lowest BCUT2D eigenvalue weighted by molar-refractivity contribution is 1.12. The van der Waals surface area contributed by atoms with Gasteiger partial charge >= 0.3 is 0 Å². The zero-order valence-electron chi connectivity index (χ0n) is 29.8. The quantitative estimate of drug-likeness (QED) is 0.187. The second kappa shape index (κ2) is 12.9. The SMILES string of the molecule is c1ccc(C2=C(c3ccccc3)c3nc2nc2[nH]c(nc4nc(nc5[nH]c(n3)c3ccccc53)-c3ccccc3-4)c(-c3ccccc3)c2-c2ccccc2)cc1. The van der Waals surface area contributed by atoms with Crippen molar-refractivity contribution in [2.45, 2.75) is 0 Å². The van der Waals surface area contributed by atoms with Gasteiger partial charge in [0.05, 0.1) is 0 Å². The van der Waals surface area contributed by atoms with Crippen molar-refractivity contribution in [2.75, 3.05) is 0 Å². The summed E-state index contributed by atoms with van der Waals surface area (Å²) in [5, 5.41) is 1.85. The summed E-state index contributed by atoms with van der Waals surface area (Å²) in [6, 6.07) is 57.5. The first-order valence-electron chi connectivity index (χ1n) is 18.5. The van der Waals surface area contributed by atoms with E-state index in [1.165, 1.54) is 0 Å². The molecule has 0 amide bonds. The predicted octanol–water partition coefficient (Wildman–Crippen LogP) is 10.7. The molecule has 0 unspecified atom stereocenters. The van der Waals surface area contributed by atoms with E-state index < -0.39 is 0 Å². The normalized spacial score (nSPS) is 12.2. The Kier molecular flexibility index (Phi) is 7.31. The molecule has 8 bridgehead atoms. The number of rotatable bonds is 4. The van der Waals surface area contributed by atoms with Gasteiger partial charge in [-0.15, -0.1) is 0 Å². The summed E-state index contributed by atoms with van der Waals surface area (Å²) in [6.07, 6.45) is 0. The number of hydrogen-bond acceptors (Lipinski definition) is 6. The molecule has 8 nitrogen and oxygen atoms in total. The van der Waals surface area contributed by atoms with Crippen molar-refractivity contribution >= 4 is 44.5 Å². The lowest BCUT2D eigenvalue weighted by atomic mass is 9.95. The van der Waals surface area contributed by atoms with Gasteiger partial charge in [0, 0.05) is 44.2 Å². The number of nitrogens with zero attached hydrogens (tertiary/aromatic N) is 6. The highest BCUT2D eigenvalue weighted by Gasteiger charge is 2.27. The Hall–Kier alpha value is -7.84. The molecule has 11 rings (SSSR count). The van der Waals surface area contributed by atoms with Crippen LogP contribution >= 0.6 is 0 Å². The van der Waals surface area contributed by atoms with Gasteiger partial charge in [-0.05, 0) is 22.3 Å². The summed E-state index contributed by atoms with van der Waals surface area (Å²) in [6.45, 7) is 0. The summed E-state index contributed by atoms with van der Waals surface area (Å²) in [4.78, 5) is 39.0. The number of benzene rings is 6. The molecule has 0 fully saturated rings. The average Bonchev–Trinajstić information content (AvgIpc) is 4.00. The number of H-pyrrole nitrogens is 2. The Labute approximate surface area is 321 Å². The molecule has 0 radical (unpaired) electrons. The fourth-order valence-electron chi connectivity index (χ4n) is 7.77. The summed E-state index contributed by atoms with van der Waals surface area (Å²) in [5.74, 6) is 2.20. The summed E-state index contributed by atoms with van der Waals surface area (Å²) >= 11 is 0. The van der Waals surface area contributed by atoms with Crippen molar-refractivity contribution in [3.63, 3.8) is 0 Å². The number of fused-ring (bicyclic) bond motifs is 14. The zero-order valence-corrected chi connectivity index (χ0v) is 29.8. The third-order valence-electron chi connectivity index (χ3n) is 10.3. The van der Waals surface area contributed by atoms with Gasteiger partial charge in [0.15, 0.2) is 23.3 Å². The molecule has 0 aliphatic carbocycles. The minimum Gasteiger partial charge on any atom is -0.324 e. The van der Waals surface area contributed by atoms with E-state index in [0.29, 0.717) is 45.9 Å². The van der Waals surface area contributed by atoms with Crippen LogP contribution in [-0.2, 0) is 0 Å². The van der Waals surface area contributed by atoms with Crippen LogP contribution in [0.4, 0.5) is 0 Å². The maximum atomic E-state index is 5.48. The van der Waals surface area contributed by atoms with E-state index in [4.69, 9.17) is 29.9 Å². The highest BCUT2D eigenvalue weighted by atomic mass is 15.1. The van der Waals surface area contributed by atoms with E-state index in [-0.39, 0.29) is 0 Å². The molecule has 5 heterocycles. The van der Waals surface area contributed by atoms with E-state index in [9.17, 15) is 0 Å². The van der Waals surface area contributed by atoms with Gasteiger partial charge < -0.3 is 9.97 Å². The first-order valence-corrected chi connectivity index (χ1v) is 18.5. The highest BCUT2D eigenvalue weighted by molar-refractivity contribution is 6.07. The molecule has 2 aliphatic heterocycles. The van der Waals surface area contributed by atoms with Crippen molar-refractivity contribution in [3.8, 4) is 45.0 Å². The third-order valence-corrected chi connectivity index (χ3v) is 10.3. The predicted molar refractivity (Wildman–Crippen MR) is 223 cm³/mol. The molecule has 9 aromatic rings. The monoisotopic (exact) mass is 718 g/mol. The van der Waals surface area contributed by atoms with Gasteiger partial charge in [-0.1, -0.05) is 170 Å². The van der Waals surface area contributed by atoms with Crippen molar-refractivity contribution in [1.29, 1.82) is 0 Å². The van der Waals surface area contributed by atoms with Crippen LogP contribution in [0, 0.1) is 0 Å². The molecule has 2 aliphatic rings. The lowest BCUT2D eigenvalue weighted by Crippen LogP contribution is -1.93. The van der Waals surface area contributed by atoms with Crippen molar-refractivity contribution in [3.05, 3.63) is 193 Å². The van der Waals surface area contributed by atoms with Gasteiger partial charge in [0.2, 0.25) is 0 Å². The average molecular weight is 719 g/mol. The largest absolute Gasteiger partial charge is 0.324 e. The summed E-state index contributed by atoms with van der Waals surface area (Å²) < 4.78 is 0. The fraction of sp³-hybridized carbons (Fsp3) is 0. The van der Waals surface area contributed by atoms with Crippen LogP contribution in [-0.4, -0.2) is 39.9 Å². The number of hydrogen-bond donors (Lipinski definition) is 2. The summed E-state index contributed by atoms with van der Waals surface area (Å²) in [7, 11) is 0. The van der Waals surface area contributed by atoms with E-state index in [2.05, 4.69) is 70.6 Å². The van der Waals surface area contributed by atoms with E-state index in [1.807, 2.05) is 109 Å². The number of nitrogens with one attached hydrogen (secondary N) is 2. The molecule has 0 saturated heterocycles. The maximum Gasteiger partial charge on any atom is 0.165 e. The van der Waals surface area contributed by atoms with Gasteiger partial charge in [-0.3, -0.25) is 0 Å².